The Labute approximate surface area is 179 Å². The van der Waals surface area contributed by atoms with E-state index >= 15 is 0 Å². The van der Waals surface area contributed by atoms with Crippen LogP contribution in [0.4, 0.5) is 4.79 Å². The number of carboxylic acids is 1. The molecule has 9 nitrogen and oxygen atoms in total. The van der Waals surface area contributed by atoms with E-state index in [4.69, 9.17) is 10.00 Å². The summed E-state index contributed by atoms with van der Waals surface area (Å²) in [6, 6.07) is 16.2. The van der Waals surface area contributed by atoms with Crippen LogP contribution in [0.5, 0.6) is 0 Å². The fourth-order valence-electron chi connectivity index (χ4n) is 2.74. The topological polar surface area (TPSA) is 149 Å². The molecule has 31 heavy (non-hydrogen) atoms. The summed E-state index contributed by atoms with van der Waals surface area (Å²) in [5.74, 6) is -1.97. The predicted octanol–water partition coefficient (Wildman–Crippen LogP) is 1.35. The average molecular weight is 425 g/mol. The highest BCUT2D eigenvalue weighted by atomic mass is 16.5. The van der Waals surface area contributed by atoms with Gasteiger partial charge in [-0.05, 0) is 17.2 Å². The molecule has 0 fully saturated rings. The van der Waals surface area contributed by atoms with Crippen molar-refractivity contribution in [1.82, 2.24) is 10.6 Å². The Bertz CT molecular complexity index is 942. The summed E-state index contributed by atoms with van der Waals surface area (Å²) in [5, 5.41) is 33.1. The molecule has 0 radical (unpaired) electrons. The molecule has 4 N–H and O–H groups in total. The zero-order valence-corrected chi connectivity index (χ0v) is 16.7. The first kappa shape index (κ1) is 23.4. The van der Waals surface area contributed by atoms with Crippen LogP contribution in [-0.2, 0) is 27.4 Å². The normalized spacial score (nSPS) is 12.1. The lowest BCUT2D eigenvalue weighted by Crippen LogP contribution is -2.44. The Balaban J connectivity index is 1.78. The number of ether oxygens (including phenoxy) is 1. The van der Waals surface area contributed by atoms with Crippen LogP contribution in [-0.4, -0.2) is 46.9 Å². The van der Waals surface area contributed by atoms with Gasteiger partial charge < -0.3 is 25.6 Å². The van der Waals surface area contributed by atoms with Crippen LogP contribution in [0.25, 0.3) is 0 Å². The summed E-state index contributed by atoms with van der Waals surface area (Å²) in [4.78, 5) is 35.3. The van der Waals surface area contributed by atoms with Gasteiger partial charge in [-0.3, -0.25) is 4.79 Å². The lowest BCUT2D eigenvalue weighted by molar-refractivity contribution is -0.142. The van der Waals surface area contributed by atoms with Gasteiger partial charge in [0.05, 0.1) is 24.2 Å². The van der Waals surface area contributed by atoms with Crippen LogP contribution in [0.1, 0.15) is 23.1 Å². The molecule has 0 unspecified atom stereocenters. The number of nitriles is 1. The van der Waals surface area contributed by atoms with Crippen molar-refractivity contribution in [3.8, 4) is 6.07 Å². The van der Waals surface area contributed by atoms with Gasteiger partial charge in [-0.1, -0.05) is 48.5 Å². The number of hydrogen-bond donors (Lipinski definition) is 4. The van der Waals surface area contributed by atoms with Crippen LogP contribution in [0, 0.1) is 11.3 Å². The van der Waals surface area contributed by atoms with Crippen molar-refractivity contribution in [1.29, 1.82) is 5.26 Å². The lowest BCUT2D eigenvalue weighted by Gasteiger charge is -2.17. The summed E-state index contributed by atoms with van der Waals surface area (Å²) in [7, 11) is 0. The van der Waals surface area contributed by atoms with E-state index < -0.39 is 36.5 Å². The first-order valence-corrected chi connectivity index (χ1v) is 9.51. The molecule has 0 saturated heterocycles. The van der Waals surface area contributed by atoms with Crippen LogP contribution >= 0.6 is 0 Å². The van der Waals surface area contributed by atoms with E-state index in [2.05, 4.69) is 10.6 Å². The van der Waals surface area contributed by atoms with Crippen molar-refractivity contribution in [2.45, 2.75) is 31.6 Å². The van der Waals surface area contributed by atoms with E-state index in [1.165, 1.54) is 0 Å². The Kier molecular flexibility index (Phi) is 9.01. The molecule has 9 heteroatoms. The molecule has 2 aromatic rings. The molecular weight excluding hydrogens is 402 g/mol. The number of aliphatic carboxylic acids is 1. The summed E-state index contributed by atoms with van der Waals surface area (Å²) in [6.45, 7) is -0.177. The molecular formula is C22H23N3O6. The zero-order valence-electron chi connectivity index (χ0n) is 16.7. The molecule has 0 heterocycles. The number of aliphatic hydroxyl groups is 1. The third-order valence-electron chi connectivity index (χ3n) is 4.31. The monoisotopic (exact) mass is 425 g/mol. The van der Waals surface area contributed by atoms with Gasteiger partial charge in [-0.2, -0.15) is 5.26 Å². The summed E-state index contributed by atoms with van der Waals surface area (Å²) in [5.41, 5.74) is 1.61. The Morgan fingerprint density at radius 1 is 1.06 bits per heavy atom. The van der Waals surface area contributed by atoms with Gasteiger partial charge in [0.15, 0.2) is 0 Å². The molecule has 2 atom stereocenters. The van der Waals surface area contributed by atoms with E-state index in [0.29, 0.717) is 11.1 Å². The molecule has 0 aliphatic carbocycles. The number of benzene rings is 2. The number of carbonyl (C=O) groups excluding carboxylic acids is 2. The first-order chi connectivity index (χ1) is 14.9. The van der Waals surface area contributed by atoms with E-state index in [-0.39, 0.29) is 19.6 Å². The van der Waals surface area contributed by atoms with Crippen molar-refractivity contribution in [3.05, 3.63) is 71.3 Å². The lowest BCUT2D eigenvalue weighted by atomic mass is 10.0. The first-order valence-electron chi connectivity index (χ1n) is 9.51. The fraction of sp³-hybridized carbons (Fsp3) is 0.273. The maximum atomic E-state index is 12.1. The highest BCUT2D eigenvalue weighted by Crippen LogP contribution is 2.10. The number of aliphatic hydroxyl groups excluding tert-OH is 1. The van der Waals surface area contributed by atoms with Crippen molar-refractivity contribution < 1.29 is 29.3 Å². The quantitative estimate of drug-likeness (QED) is 0.449. The number of rotatable bonds is 10. The largest absolute Gasteiger partial charge is 0.480 e. The number of alkyl carbamates (subject to hydrolysis) is 1. The standard InChI is InChI=1S/C22H23N3O6/c23-12-17-9-5-4-8-16(17)10-19(21(28)29)25-20(27)11-18(26)13-24-22(30)31-14-15-6-2-1-3-7-15/h1-9,18-19,26H,10-11,13-14H2,(H,24,30)(H,25,27)(H,28,29)/t18-,19-/m1/s1. The minimum atomic E-state index is -1.27. The Hall–Kier alpha value is -3.90. The maximum absolute atomic E-state index is 12.1. The second-order valence-corrected chi connectivity index (χ2v) is 6.73. The van der Waals surface area contributed by atoms with Gasteiger partial charge in [0, 0.05) is 13.0 Å². The van der Waals surface area contributed by atoms with E-state index in [0.717, 1.165) is 5.56 Å². The van der Waals surface area contributed by atoms with Gasteiger partial charge in [-0.25, -0.2) is 9.59 Å². The van der Waals surface area contributed by atoms with Crippen molar-refractivity contribution in [3.63, 3.8) is 0 Å². The van der Waals surface area contributed by atoms with Gasteiger partial charge >= 0.3 is 12.1 Å². The Morgan fingerprint density at radius 2 is 1.74 bits per heavy atom. The van der Waals surface area contributed by atoms with Crippen LogP contribution in [0.2, 0.25) is 0 Å². The number of amides is 2. The highest BCUT2D eigenvalue weighted by molar-refractivity contribution is 5.84. The number of hydrogen-bond acceptors (Lipinski definition) is 6. The van der Waals surface area contributed by atoms with Crippen LogP contribution in [0.3, 0.4) is 0 Å². The van der Waals surface area contributed by atoms with E-state index in [9.17, 15) is 24.6 Å². The third-order valence-corrected chi connectivity index (χ3v) is 4.31. The number of nitrogens with zero attached hydrogens (tertiary/aromatic N) is 1. The average Bonchev–Trinajstić information content (AvgIpc) is 2.76. The molecule has 0 aromatic heterocycles. The van der Waals surface area contributed by atoms with Crippen molar-refractivity contribution >= 4 is 18.0 Å². The molecule has 0 spiro atoms. The fourth-order valence-corrected chi connectivity index (χ4v) is 2.74. The number of carboxylic acid groups (broad SMARTS) is 1. The molecule has 0 saturated carbocycles. The minimum absolute atomic E-state index is 0.0632. The SMILES string of the molecule is N#Cc1ccccc1C[C@@H](NC(=O)C[C@@H](O)CNC(=O)OCc1ccccc1)C(=O)O. The van der Waals surface area contributed by atoms with Crippen molar-refractivity contribution in [2.24, 2.45) is 0 Å². The molecule has 0 aliphatic heterocycles. The predicted molar refractivity (Wildman–Crippen MR) is 110 cm³/mol. The number of nitrogens with one attached hydrogen (secondary N) is 2. The van der Waals surface area contributed by atoms with Gasteiger partial charge in [0.25, 0.3) is 0 Å². The molecule has 2 amide bonds. The van der Waals surface area contributed by atoms with E-state index in [1.54, 1.807) is 36.4 Å². The summed E-state index contributed by atoms with van der Waals surface area (Å²) < 4.78 is 5.00. The van der Waals surface area contributed by atoms with E-state index in [1.807, 2.05) is 24.3 Å². The Morgan fingerprint density at radius 3 is 2.42 bits per heavy atom. The minimum Gasteiger partial charge on any atom is -0.480 e. The maximum Gasteiger partial charge on any atom is 0.407 e. The van der Waals surface area contributed by atoms with Gasteiger partial charge in [-0.15, -0.1) is 0 Å². The number of carbonyl (C=O) groups is 3. The molecule has 0 bridgehead atoms. The zero-order chi connectivity index (χ0) is 22.6. The third kappa shape index (κ3) is 8.16. The van der Waals surface area contributed by atoms with Crippen molar-refractivity contribution in [2.75, 3.05) is 6.54 Å². The van der Waals surface area contributed by atoms with Gasteiger partial charge in [0.1, 0.15) is 12.6 Å². The van der Waals surface area contributed by atoms with Crippen LogP contribution in [0.15, 0.2) is 54.6 Å². The molecule has 2 rings (SSSR count). The highest BCUT2D eigenvalue weighted by Gasteiger charge is 2.23. The summed E-state index contributed by atoms with van der Waals surface area (Å²) in [6.07, 6.45) is -2.47. The second-order valence-electron chi connectivity index (χ2n) is 6.73. The smallest absolute Gasteiger partial charge is 0.407 e. The van der Waals surface area contributed by atoms with Gasteiger partial charge in [0.2, 0.25) is 5.91 Å². The summed E-state index contributed by atoms with van der Waals surface area (Å²) >= 11 is 0. The van der Waals surface area contributed by atoms with Crippen LogP contribution < -0.4 is 10.6 Å². The molecule has 2 aromatic carbocycles. The molecule has 162 valence electrons. The second kappa shape index (κ2) is 11.9. The molecule has 0 aliphatic rings.